The minimum absolute atomic E-state index is 0.187. The Morgan fingerprint density at radius 2 is 1.85 bits per heavy atom. The molecule has 8 heteroatoms. The summed E-state index contributed by atoms with van der Waals surface area (Å²) in [5.74, 6) is -2.25. The molecular formula is C18H13F2N3O2S. The van der Waals surface area contributed by atoms with Gasteiger partial charge in [0.05, 0.1) is 10.2 Å². The van der Waals surface area contributed by atoms with Crippen LogP contribution in [0, 0.1) is 11.6 Å². The number of nitrogens with zero attached hydrogens (tertiary/aromatic N) is 1. The summed E-state index contributed by atoms with van der Waals surface area (Å²) in [6.07, 6.45) is 2.11. The molecule has 2 aromatic carbocycles. The Hall–Kier alpha value is -3.13. The highest BCUT2D eigenvalue weighted by Crippen LogP contribution is 2.28. The average molecular weight is 373 g/mol. The SMILES string of the molecule is CC(=O)Nc1ccc2nc(NC(=O)/C=C/c3c(F)cccc3F)sc2c1. The van der Waals surface area contributed by atoms with E-state index in [1.165, 1.54) is 24.3 Å². The lowest BCUT2D eigenvalue weighted by Gasteiger charge is -1.99. The molecule has 0 aliphatic heterocycles. The second-order valence-corrected chi connectivity index (χ2v) is 6.37. The third-order valence-corrected chi connectivity index (χ3v) is 4.27. The van der Waals surface area contributed by atoms with E-state index >= 15 is 0 Å². The van der Waals surface area contributed by atoms with Gasteiger partial charge in [0.15, 0.2) is 5.13 Å². The first-order valence-corrected chi connectivity index (χ1v) is 8.35. The number of anilines is 2. The zero-order valence-corrected chi connectivity index (χ0v) is 14.4. The number of amides is 2. The molecule has 26 heavy (non-hydrogen) atoms. The van der Waals surface area contributed by atoms with Crippen molar-refractivity contribution in [3.63, 3.8) is 0 Å². The van der Waals surface area contributed by atoms with Crippen molar-refractivity contribution < 1.29 is 18.4 Å². The van der Waals surface area contributed by atoms with Gasteiger partial charge < -0.3 is 5.32 Å². The quantitative estimate of drug-likeness (QED) is 0.674. The van der Waals surface area contributed by atoms with Gasteiger partial charge in [0.25, 0.3) is 0 Å². The van der Waals surface area contributed by atoms with E-state index in [1.54, 1.807) is 18.2 Å². The smallest absolute Gasteiger partial charge is 0.250 e. The number of thiazole rings is 1. The summed E-state index contributed by atoms with van der Waals surface area (Å²) >= 11 is 1.22. The highest BCUT2D eigenvalue weighted by atomic mass is 32.1. The number of aromatic nitrogens is 1. The molecule has 2 N–H and O–H groups in total. The van der Waals surface area contributed by atoms with Crippen LogP contribution in [-0.2, 0) is 9.59 Å². The summed E-state index contributed by atoms with van der Waals surface area (Å²) in [5, 5.41) is 5.55. The molecule has 0 spiro atoms. The Kier molecular flexibility index (Phi) is 5.04. The maximum absolute atomic E-state index is 13.5. The number of fused-ring (bicyclic) bond motifs is 1. The van der Waals surface area contributed by atoms with E-state index in [0.29, 0.717) is 16.3 Å². The number of carbonyl (C=O) groups is 2. The Labute approximate surface area is 151 Å². The van der Waals surface area contributed by atoms with Gasteiger partial charge >= 0.3 is 0 Å². The Morgan fingerprint density at radius 3 is 2.54 bits per heavy atom. The lowest BCUT2D eigenvalue weighted by Crippen LogP contribution is -2.07. The van der Waals surface area contributed by atoms with Crippen LogP contribution in [-0.4, -0.2) is 16.8 Å². The largest absolute Gasteiger partial charge is 0.326 e. The standard InChI is InChI=1S/C18H13F2N3O2S/c1-10(24)21-11-5-7-15-16(9-11)26-18(22-15)23-17(25)8-6-12-13(19)3-2-4-14(12)20/h2-9H,1H3,(H,21,24)(H,22,23,25)/b8-6+. The number of halogens is 2. The van der Waals surface area contributed by atoms with Crippen LogP contribution in [0.2, 0.25) is 0 Å². The van der Waals surface area contributed by atoms with Crippen LogP contribution in [0.3, 0.4) is 0 Å². The molecule has 0 saturated carbocycles. The first-order valence-electron chi connectivity index (χ1n) is 7.53. The summed E-state index contributed by atoms with van der Waals surface area (Å²) in [4.78, 5) is 27.3. The van der Waals surface area contributed by atoms with Crippen LogP contribution in [0.15, 0.2) is 42.5 Å². The molecule has 0 aliphatic carbocycles. The van der Waals surface area contributed by atoms with Gasteiger partial charge in [-0.3, -0.25) is 14.9 Å². The molecule has 0 atom stereocenters. The van der Waals surface area contributed by atoms with Crippen molar-refractivity contribution in [3.05, 3.63) is 59.7 Å². The molecule has 0 radical (unpaired) electrons. The fourth-order valence-electron chi connectivity index (χ4n) is 2.24. The van der Waals surface area contributed by atoms with Gasteiger partial charge in [0.2, 0.25) is 11.8 Å². The molecule has 0 saturated heterocycles. The molecule has 1 aromatic heterocycles. The van der Waals surface area contributed by atoms with E-state index in [-0.39, 0.29) is 11.5 Å². The number of rotatable bonds is 4. The first-order chi connectivity index (χ1) is 12.4. The van der Waals surface area contributed by atoms with E-state index in [4.69, 9.17) is 0 Å². The van der Waals surface area contributed by atoms with Crippen LogP contribution in [0.5, 0.6) is 0 Å². The number of carbonyl (C=O) groups excluding carboxylic acids is 2. The van der Waals surface area contributed by atoms with E-state index in [1.807, 2.05) is 0 Å². The van der Waals surface area contributed by atoms with E-state index in [9.17, 15) is 18.4 Å². The predicted octanol–water partition coefficient (Wildman–Crippen LogP) is 4.18. The number of nitrogens with one attached hydrogen (secondary N) is 2. The first kappa shape index (κ1) is 17.7. The lowest BCUT2D eigenvalue weighted by atomic mass is 10.2. The van der Waals surface area contributed by atoms with Crippen molar-refractivity contribution >= 4 is 50.3 Å². The summed E-state index contributed by atoms with van der Waals surface area (Å²) in [6.45, 7) is 1.41. The predicted molar refractivity (Wildman–Crippen MR) is 97.9 cm³/mol. The lowest BCUT2D eigenvalue weighted by molar-refractivity contribution is -0.114. The van der Waals surface area contributed by atoms with E-state index in [2.05, 4.69) is 15.6 Å². The molecule has 0 fully saturated rings. The van der Waals surface area contributed by atoms with Crippen LogP contribution >= 0.6 is 11.3 Å². The molecule has 0 unspecified atom stereocenters. The minimum Gasteiger partial charge on any atom is -0.326 e. The fraction of sp³-hybridized carbons (Fsp3) is 0.0556. The van der Waals surface area contributed by atoms with Gasteiger partial charge in [-0.25, -0.2) is 13.8 Å². The molecule has 3 aromatic rings. The number of hydrogen-bond donors (Lipinski definition) is 2. The minimum atomic E-state index is -0.750. The molecular weight excluding hydrogens is 360 g/mol. The summed E-state index contributed by atoms with van der Waals surface area (Å²) in [7, 11) is 0. The van der Waals surface area contributed by atoms with Crippen LogP contribution in [0.4, 0.5) is 19.6 Å². The zero-order chi connectivity index (χ0) is 18.7. The molecule has 5 nitrogen and oxygen atoms in total. The Bertz CT molecular complexity index is 1010. The van der Waals surface area contributed by atoms with Crippen molar-refractivity contribution in [1.29, 1.82) is 0 Å². The fourth-order valence-corrected chi connectivity index (χ4v) is 3.14. The van der Waals surface area contributed by atoms with Crippen molar-refractivity contribution in [2.45, 2.75) is 6.92 Å². The van der Waals surface area contributed by atoms with E-state index < -0.39 is 17.5 Å². The Balaban J connectivity index is 1.75. The third-order valence-electron chi connectivity index (χ3n) is 3.34. The maximum atomic E-state index is 13.5. The monoisotopic (exact) mass is 373 g/mol. The molecule has 0 bridgehead atoms. The van der Waals surface area contributed by atoms with Crippen LogP contribution in [0.1, 0.15) is 12.5 Å². The van der Waals surface area contributed by atoms with Crippen LogP contribution < -0.4 is 10.6 Å². The highest BCUT2D eigenvalue weighted by Gasteiger charge is 2.09. The second kappa shape index (κ2) is 7.40. The molecule has 0 aliphatic rings. The van der Waals surface area contributed by atoms with Gasteiger partial charge in [-0.15, -0.1) is 0 Å². The van der Waals surface area contributed by atoms with Gasteiger partial charge in [0.1, 0.15) is 11.6 Å². The van der Waals surface area contributed by atoms with Crippen molar-refractivity contribution in [2.24, 2.45) is 0 Å². The molecule has 1 heterocycles. The van der Waals surface area contributed by atoms with Crippen molar-refractivity contribution in [1.82, 2.24) is 4.98 Å². The third kappa shape index (κ3) is 4.09. The maximum Gasteiger partial charge on any atom is 0.250 e. The summed E-state index contributed by atoms with van der Waals surface area (Å²) in [6, 6.07) is 8.64. The summed E-state index contributed by atoms with van der Waals surface area (Å²) < 4.78 is 27.8. The van der Waals surface area contributed by atoms with Crippen LogP contribution in [0.25, 0.3) is 16.3 Å². The average Bonchev–Trinajstić information content (AvgIpc) is 2.95. The second-order valence-electron chi connectivity index (χ2n) is 5.34. The zero-order valence-electron chi connectivity index (χ0n) is 13.5. The molecule has 3 rings (SSSR count). The summed E-state index contributed by atoms with van der Waals surface area (Å²) in [5.41, 5.74) is 0.997. The highest BCUT2D eigenvalue weighted by molar-refractivity contribution is 7.22. The molecule has 132 valence electrons. The number of benzene rings is 2. The Morgan fingerprint density at radius 1 is 1.12 bits per heavy atom. The van der Waals surface area contributed by atoms with Crippen molar-refractivity contribution in [2.75, 3.05) is 10.6 Å². The molecule has 2 amide bonds. The topological polar surface area (TPSA) is 71.1 Å². The normalized spacial score (nSPS) is 11.0. The van der Waals surface area contributed by atoms with Gasteiger partial charge in [-0.1, -0.05) is 17.4 Å². The number of hydrogen-bond acceptors (Lipinski definition) is 4. The van der Waals surface area contributed by atoms with Gasteiger partial charge in [-0.05, 0) is 36.4 Å². The van der Waals surface area contributed by atoms with Crippen molar-refractivity contribution in [3.8, 4) is 0 Å². The van der Waals surface area contributed by atoms with Gasteiger partial charge in [0, 0.05) is 24.3 Å². The van der Waals surface area contributed by atoms with Gasteiger partial charge in [-0.2, -0.15) is 0 Å². The van der Waals surface area contributed by atoms with E-state index in [0.717, 1.165) is 29.0 Å².